The van der Waals surface area contributed by atoms with Crippen molar-refractivity contribution in [1.82, 2.24) is 0 Å². The van der Waals surface area contributed by atoms with Crippen LogP contribution in [0.4, 0.5) is 10.5 Å². The molecule has 1 amide bonds. The zero-order valence-electron chi connectivity index (χ0n) is 13.7. The van der Waals surface area contributed by atoms with Gasteiger partial charge in [0.1, 0.15) is 6.61 Å². The largest absolute Gasteiger partial charge is 0.478 e. The summed E-state index contributed by atoms with van der Waals surface area (Å²) >= 11 is 0. The Labute approximate surface area is 145 Å². The molecule has 126 valence electrons. The highest BCUT2D eigenvalue weighted by Gasteiger charge is 2.20. The molecule has 0 aliphatic heterocycles. The molecule has 0 aromatic heterocycles. The highest BCUT2D eigenvalue weighted by atomic mass is 16.6. The molecule has 1 N–H and O–H groups in total. The number of hydrogen-bond donors (Lipinski definition) is 1. The van der Waals surface area contributed by atoms with Gasteiger partial charge in [-0.05, 0) is 28.5 Å². The fourth-order valence-electron chi connectivity index (χ4n) is 2.59. The van der Waals surface area contributed by atoms with Crippen LogP contribution >= 0.6 is 0 Å². The molecular weight excluding hydrogens is 318 g/mol. The summed E-state index contributed by atoms with van der Waals surface area (Å²) in [6.45, 7) is 0.125. The fraction of sp³-hybridized carbons (Fsp3) is 0.100. The van der Waals surface area contributed by atoms with Gasteiger partial charge in [-0.3, -0.25) is 4.90 Å². The topological polar surface area (TPSA) is 66.8 Å². The summed E-state index contributed by atoms with van der Waals surface area (Å²) in [5.41, 5.74) is 1.21. The van der Waals surface area contributed by atoms with E-state index in [-0.39, 0.29) is 12.2 Å². The number of hydrogen-bond acceptors (Lipinski definition) is 3. The number of nitrogens with zero attached hydrogens (tertiary/aromatic N) is 1. The minimum absolute atomic E-state index is 0.0536. The zero-order valence-corrected chi connectivity index (χ0v) is 13.7. The van der Waals surface area contributed by atoms with Crippen LogP contribution in [0.15, 0.2) is 66.7 Å². The molecule has 0 atom stereocenters. The van der Waals surface area contributed by atoms with Crippen molar-refractivity contribution in [2.45, 2.75) is 6.61 Å². The molecule has 0 bridgehead atoms. The summed E-state index contributed by atoms with van der Waals surface area (Å²) in [4.78, 5) is 25.2. The molecule has 0 aliphatic carbocycles. The molecule has 3 aromatic rings. The highest BCUT2D eigenvalue weighted by Crippen LogP contribution is 2.27. The molecule has 5 nitrogen and oxygen atoms in total. The SMILES string of the molecule is CN(C(=O)OCc1ccccc1)c1cc2ccccc2cc1C(=O)O. The average Bonchev–Trinajstić information content (AvgIpc) is 2.65. The quantitative estimate of drug-likeness (QED) is 0.771. The van der Waals surface area contributed by atoms with Crippen LogP contribution in [0, 0.1) is 0 Å². The minimum atomic E-state index is -1.09. The molecular formula is C20H17NO4. The van der Waals surface area contributed by atoms with Gasteiger partial charge >= 0.3 is 12.1 Å². The van der Waals surface area contributed by atoms with Crippen LogP contribution in [-0.2, 0) is 11.3 Å². The van der Waals surface area contributed by atoms with E-state index < -0.39 is 12.1 Å². The summed E-state index contributed by atoms with van der Waals surface area (Å²) in [7, 11) is 1.50. The summed E-state index contributed by atoms with van der Waals surface area (Å²) < 4.78 is 5.29. The van der Waals surface area contributed by atoms with E-state index in [0.29, 0.717) is 5.69 Å². The number of fused-ring (bicyclic) bond motifs is 1. The second-order valence-electron chi connectivity index (χ2n) is 5.62. The molecule has 0 saturated carbocycles. The van der Waals surface area contributed by atoms with E-state index in [4.69, 9.17) is 4.74 Å². The van der Waals surface area contributed by atoms with Gasteiger partial charge < -0.3 is 9.84 Å². The maximum Gasteiger partial charge on any atom is 0.414 e. The Morgan fingerprint density at radius 1 is 0.960 bits per heavy atom. The summed E-state index contributed by atoms with van der Waals surface area (Å²) in [5, 5.41) is 11.1. The molecule has 5 heteroatoms. The maximum atomic E-state index is 12.3. The number of carboxylic acids is 1. The Kier molecular flexibility index (Phi) is 4.66. The van der Waals surface area contributed by atoms with Crippen molar-refractivity contribution in [3.63, 3.8) is 0 Å². The Morgan fingerprint density at radius 2 is 1.56 bits per heavy atom. The summed E-state index contributed by atoms with van der Waals surface area (Å²) in [5.74, 6) is -1.09. The Balaban J connectivity index is 1.87. The van der Waals surface area contributed by atoms with Gasteiger partial charge in [-0.25, -0.2) is 9.59 Å². The first-order chi connectivity index (χ1) is 12.1. The lowest BCUT2D eigenvalue weighted by molar-refractivity contribution is 0.0698. The lowest BCUT2D eigenvalue weighted by atomic mass is 10.0. The highest BCUT2D eigenvalue weighted by molar-refractivity contribution is 6.04. The van der Waals surface area contributed by atoms with Crippen LogP contribution in [0.25, 0.3) is 10.8 Å². The normalized spacial score (nSPS) is 10.4. The first kappa shape index (κ1) is 16.5. The molecule has 0 fully saturated rings. The van der Waals surface area contributed by atoms with E-state index in [9.17, 15) is 14.7 Å². The van der Waals surface area contributed by atoms with Gasteiger partial charge in [0.25, 0.3) is 0 Å². The molecule has 0 saturated heterocycles. The van der Waals surface area contributed by atoms with Gasteiger partial charge in [-0.15, -0.1) is 0 Å². The van der Waals surface area contributed by atoms with Gasteiger partial charge in [0, 0.05) is 7.05 Å². The van der Waals surface area contributed by atoms with Gasteiger partial charge in [0.05, 0.1) is 11.3 Å². The second-order valence-corrected chi connectivity index (χ2v) is 5.62. The predicted molar refractivity (Wildman–Crippen MR) is 95.9 cm³/mol. The third kappa shape index (κ3) is 3.61. The Bertz CT molecular complexity index is 921. The van der Waals surface area contributed by atoms with Gasteiger partial charge in [-0.2, -0.15) is 0 Å². The Morgan fingerprint density at radius 3 is 2.20 bits per heavy atom. The third-order valence-corrected chi connectivity index (χ3v) is 3.93. The standard InChI is InChI=1S/C20H17NO4/c1-21(20(24)25-13-14-7-3-2-4-8-14)18-12-16-10-6-5-9-15(16)11-17(18)19(22)23/h2-12H,13H2,1H3,(H,22,23). The molecule has 0 aliphatic rings. The number of carbonyl (C=O) groups is 2. The lowest BCUT2D eigenvalue weighted by Crippen LogP contribution is -2.28. The van der Waals surface area contributed by atoms with Gasteiger partial charge in [0.2, 0.25) is 0 Å². The molecule has 3 rings (SSSR count). The number of ether oxygens (including phenoxy) is 1. The number of anilines is 1. The van der Waals surface area contributed by atoms with Crippen molar-refractivity contribution in [3.8, 4) is 0 Å². The second kappa shape index (κ2) is 7.05. The average molecular weight is 335 g/mol. The maximum absolute atomic E-state index is 12.3. The summed E-state index contributed by atoms with van der Waals surface area (Å²) in [6, 6.07) is 20.0. The van der Waals surface area contributed by atoms with Crippen molar-refractivity contribution in [2.24, 2.45) is 0 Å². The van der Waals surface area contributed by atoms with Crippen molar-refractivity contribution in [3.05, 3.63) is 77.9 Å². The minimum Gasteiger partial charge on any atom is -0.478 e. The zero-order chi connectivity index (χ0) is 17.8. The molecule has 3 aromatic carbocycles. The molecule has 0 unspecified atom stereocenters. The Hall–Kier alpha value is -3.34. The van der Waals surface area contributed by atoms with Crippen molar-refractivity contribution in [2.75, 3.05) is 11.9 Å². The monoisotopic (exact) mass is 335 g/mol. The fourth-order valence-corrected chi connectivity index (χ4v) is 2.59. The summed E-state index contributed by atoms with van der Waals surface area (Å²) in [6.07, 6.45) is -0.610. The van der Waals surface area contributed by atoms with E-state index in [1.807, 2.05) is 54.6 Å². The van der Waals surface area contributed by atoms with Gasteiger partial charge in [0.15, 0.2) is 0 Å². The first-order valence-electron chi connectivity index (χ1n) is 7.77. The molecule has 0 spiro atoms. The smallest absolute Gasteiger partial charge is 0.414 e. The van der Waals surface area contributed by atoms with E-state index in [2.05, 4.69) is 0 Å². The van der Waals surface area contributed by atoms with E-state index >= 15 is 0 Å². The number of carbonyl (C=O) groups excluding carboxylic acids is 1. The number of aromatic carboxylic acids is 1. The molecule has 25 heavy (non-hydrogen) atoms. The first-order valence-corrected chi connectivity index (χ1v) is 7.77. The third-order valence-electron chi connectivity index (χ3n) is 3.93. The number of benzene rings is 3. The number of rotatable bonds is 4. The van der Waals surface area contributed by atoms with Crippen LogP contribution in [0.5, 0.6) is 0 Å². The van der Waals surface area contributed by atoms with E-state index in [0.717, 1.165) is 16.3 Å². The van der Waals surface area contributed by atoms with Crippen LogP contribution in [0.3, 0.4) is 0 Å². The molecule has 0 radical (unpaired) electrons. The number of carboxylic acid groups (broad SMARTS) is 1. The van der Waals surface area contributed by atoms with Crippen LogP contribution < -0.4 is 4.90 Å². The van der Waals surface area contributed by atoms with E-state index in [1.54, 1.807) is 12.1 Å². The van der Waals surface area contributed by atoms with Crippen LogP contribution in [-0.4, -0.2) is 24.2 Å². The van der Waals surface area contributed by atoms with Crippen molar-refractivity contribution < 1.29 is 19.4 Å². The van der Waals surface area contributed by atoms with Crippen LogP contribution in [0.1, 0.15) is 15.9 Å². The van der Waals surface area contributed by atoms with Crippen LogP contribution in [0.2, 0.25) is 0 Å². The van der Waals surface area contributed by atoms with Crippen molar-refractivity contribution in [1.29, 1.82) is 0 Å². The number of amides is 1. The predicted octanol–water partition coefficient (Wildman–Crippen LogP) is 4.31. The van der Waals surface area contributed by atoms with Crippen molar-refractivity contribution >= 4 is 28.5 Å². The molecule has 0 heterocycles. The lowest BCUT2D eigenvalue weighted by Gasteiger charge is -2.20. The van der Waals surface area contributed by atoms with Gasteiger partial charge in [-0.1, -0.05) is 54.6 Å². The van der Waals surface area contributed by atoms with E-state index in [1.165, 1.54) is 11.9 Å².